The molecule has 0 radical (unpaired) electrons. The molecule has 2 heteroatoms. The van der Waals surface area contributed by atoms with Crippen LogP contribution in [0.5, 0.6) is 5.75 Å². The fourth-order valence-corrected chi connectivity index (χ4v) is 3.78. The summed E-state index contributed by atoms with van der Waals surface area (Å²) in [5.41, 5.74) is 3.90. The van der Waals surface area contributed by atoms with Gasteiger partial charge in [-0.15, -0.1) is 0 Å². The zero-order valence-electron chi connectivity index (χ0n) is 14.5. The molecule has 1 heterocycles. The molecule has 3 atom stereocenters. The Balaban J connectivity index is 1.77. The quantitative estimate of drug-likeness (QED) is 0.823. The summed E-state index contributed by atoms with van der Waals surface area (Å²) in [5, 5.41) is 0. The highest BCUT2D eigenvalue weighted by Gasteiger charge is 2.24. The molecule has 1 aromatic rings. The number of piperidine rings is 1. The second-order valence-electron chi connectivity index (χ2n) is 7.26. The monoisotopic (exact) mass is 290 g/mol. The van der Waals surface area contributed by atoms with E-state index in [9.17, 15) is 0 Å². The van der Waals surface area contributed by atoms with E-state index in [1.54, 1.807) is 4.90 Å². The highest BCUT2D eigenvalue weighted by atomic mass is 16.5. The second kappa shape index (κ2) is 7.31. The number of aryl methyl sites for hydroxylation is 2. The first kappa shape index (κ1) is 16.4. The van der Waals surface area contributed by atoms with Gasteiger partial charge in [0.25, 0.3) is 0 Å². The zero-order valence-corrected chi connectivity index (χ0v) is 14.5. The molecule has 0 aliphatic carbocycles. The minimum Gasteiger partial charge on any atom is -0.493 e. The Morgan fingerprint density at radius 1 is 1.10 bits per heavy atom. The molecular weight excluding hydrogens is 258 g/mol. The first-order chi connectivity index (χ1) is 9.95. The summed E-state index contributed by atoms with van der Waals surface area (Å²) in [5.74, 6) is 2.83. The lowest BCUT2D eigenvalue weighted by molar-refractivity contribution is -0.912. The van der Waals surface area contributed by atoms with Crippen LogP contribution in [0.4, 0.5) is 0 Å². The molecule has 0 bridgehead atoms. The summed E-state index contributed by atoms with van der Waals surface area (Å²) < 4.78 is 6.03. The van der Waals surface area contributed by atoms with Crippen LogP contribution >= 0.6 is 0 Å². The molecule has 1 saturated heterocycles. The van der Waals surface area contributed by atoms with Crippen LogP contribution in [0.15, 0.2) is 12.1 Å². The smallest absolute Gasteiger partial charge is 0.122 e. The first-order valence-corrected chi connectivity index (χ1v) is 8.50. The van der Waals surface area contributed by atoms with Gasteiger partial charge >= 0.3 is 0 Å². The van der Waals surface area contributed by atoms with E-state index in [4.69, 9.17) is 4.74 Å². The van der Waals surface area contributed by atoms with Gasteiger partial charge in [-0.3, -0.25) is 0 Å². The number of benzene rings is 1. The molecule has 2 nitrogen and oxygen atoms in total. The normalized spacial score (nSPS) is 25.9. The van der Waals surface area contributed by atoms with Crippen molar-refractivity contribution < 1.29 is 9.64 Å². The predicted octanol–water partition coefficient (Wildman–Crippen LogP) is 2.94. The summed E-state index contributed by atoms with van der Waals surface area (Å²) in [6, 6.07) is 4.39. The Bertz CT molecular complexity index is 459. The molecule has 0 spiro atoms. The third-order valence-corrected chi connectivity index (χ3v) is 4.78. The SMILES string of the molecule is Cc1cc(C)c(C)c(OCCC[NH+]2C[C@H](C)C[C@H](C)C2)c1. The maximum absolute atomic E-state index is 6.03. The van der Waals surface area contributed by atoms with Gasteiger partial charge in [0, 0.05) is 18.3 Å². The van der Waals surface area contributed by atoms with Crippen molar-refractivity contribution in [3.63, 3.8) is 0 Å². The Labute approximate surface area is 130 Å². The lowest BCUT2D eigenvalue weighted by Crippen LogP contribution is -3.14. The van der Waals surface area contributed by atoms with E-state index >= 15 is 0 Å². The molecule has 118 valence electrons. The third-order valence-electron chi connectivity index (χ3n) is 4.78. The molecular formula is C19H32NO+. The van der Waals surface area contributed by atoms with Crippen molar-refractivity contribution in [2.24, 2.45) is 11.8 Å². The average molecular weight is 290 g/mol. The molecule has 1 unspecified atom stereocenters. The first-order valence-electron chi connectivity index (χ1n) is 8.50. The predicted molar refractivity (Wildman–Crippen MR) is 89.3 cm³/mol. The Hall–Kier alpha value is -1.02. The summed E-state index contributed by atoms with van der Waals surface area (Å²) in [4.78, 5) is 1.77. The summed E-state index contributed by atoms with van der Waals surface area (Å²) in [6.45, 7) is 16.0. The van der Waals surface area contributed by atoms with Gasteiger partial charge < -0.3 is 9.64 Å². The highest BCUT2D eigenvalue weighted by Crippen LogP contribution is 2.23. The van der Waals surface area contributed by atoms with E-state index in [0.29, 0.717) is 0 Å². The van der Waals surface area contributed by atoms with E-state index in [1.165, 1.54) is 42.7 Å². The number of hydrogen-bond acceptors (Lipinski definition) is 1. The summed E-state index contributed by atoms with van der Waals surface area (Å²) in [6.07, 6.45) is 2.56. The van der Waals surface area contributed by atoms with Crippen LogP contribution in [-0.4, -0.2) is 26.2 Å². The molecule has 0 saturated carbocycles. The van der Waals surface area contributed by atoms with Crippen LogP contribution < -0.4 is 9.64 Å². The van der Waals surface area contributed by atoms with Gasteiger partial charge in [0.2, 0.25) is 0 Å². The number of likely N-dealkylation sites (tertiary alicyclic amines) is 1. The maximum atomic E-state index is 6.03. The van der Waals surface area contributed by atoms with Crippen molar-refractivity contribution in [3.8, 4) is 5.75 Å². The van der Waals surface area contributed by atoms with Gasteiger partial charge in [-0.2, -0.15) is 0 Å². The van der Waals surface area contributed by atoms with Gasteiger partial charge in [-0.1, -0.05) is 19.9 Å². The van der Waals surface area contributed by atoms with Crippen molar-refractivity contribution in [2.45, 2.75) is 47.5 Å². The van der Waals surface area contributed by atoms with Crippen molar-refractivity contribution in [3.05, 3.63) is 28.8 Å². The van der Waals surface area contributed by atoms with Crippen molar-refractivity contribution in [1.29, 1.82) is 0 Å². The van der Waals surface area contributed by atoms with Crippen molar-refractivity contribution in [1.82, 2.24) is 0 Å². The van der Waals surface area contributed by atoms with Crippen LogP contribution in [0.2, 0.25) is 0 Å². The van der Waals surface area contributed by atoms with Crippen LogP contribution in [0.1, 0.15) is 43.4 Å². The Kier molecular flexibility index (Phi) is 5.69. The molecule has 1 aliphatic rings. The van der Waals surface area contributed by atoms with Crippen LogP contribution in [0.25, 0.3) is 0 Å². The molecule has 1 aromatic carbocycles. The van der Waals surface area contributed by atoms with Crippen LogP contribution in [0.3, 0.4) is 0 Å². The fraction of sp³-hybridized carbons (Fsp3) is 0.684. The minimum atomic E-state index is 0.843. The highest BCUT2D eigenvalue weighted by molar-refractivity contribution is 5.41. The van der Waals surface area contributed by atoms with E-state index < -0.39 is 0 Å². The summed E-state index contributed by atoms with van der Waals surface area (Å²) >= 11 is 0. The average Bonchev–Trinajstić information content (AvgIpc) is 2.39. The molecule has 1 aliphatic heterocycles. The topological polar surface area (TPSA) is 13.7 Å². The molecule has 2 rings (SSSR count). The lowest BCUT2D eigenvalue weighted by atomic mass is 9.92. The molecule has 1 fully saturated rings. The van der Waals surface area contributed by atoms with E-state index in [1.807, 2.05) is 0 Å². The van der Waals surface area contributed by atoms with E-state index in [2.05, 4.69) is 46.8 Å². The van der Waals surface area contributed by atoms with Gasteiger partial charge in [0.15, 0.2) is 0 Å². The zero-order chi connectivity index (χ0) is 15.4. The number of rotatable bonds is 5. The molecule has 21 heavy (non-hydrogen) atoms. The number of quaternary nitrogens is 1. The van der Waals surface area contributed by atoms with E-state index in [-0.39, 0.29) is 0 Å². The summed E-state index contributed by atoms with van der Waals surface area (Å²) in [7, 11) is 0. The third kappa shape index (κ3) is 4.74. The number of nitrogens with one attached hydrogen (secondary N) is 1. The van der Waals surface area contributed by atoms with Gasteiger partial charge in [-0.05, 0) is 49.9 Å². The molecule has 0 aromatic heterocycles. The second-order valence-corrected chi connectivity index (χ2v) is 7.26. The lowest BCUT2D eigenvalue weighted by Gasteiger charge is -2.32. The van der Waals surface area contributed by atoms with Crippen molar-refractivity contribution >= 4 is 0 Å². The number of hydrogen-bond donors (Lipinski definition) is 1. The minimum absolute atomic E-state index is 0.843. The van der Waals surface area contributed by atoms with E-state index in [0.717, 1.165) is 30.6 Å². The van der Waals surface area contributed by atoms with Crippen LogP contribution in [-0.2, 0) is 0 Å². The van der Waals surface area contributed by atoms with Crippen molar-refractivity contribution in [2.75, 3.05) is 26.2 Å². The van der Waals surface area contributed by atoms with Gasteiger partial charge in [0.1, 0.15) is 5.75 Å². The van der Waals surface area contributed by atoms with Gasteiger partial charge in [-0.25, -0.2) is 0 Å². The molecule has 0 amide bonds. The van der Waals surface area contributed by atoms with Gasteiger partial charge in [0.05, 0.1) is 26.2 Å². The largest absolute Gasteiger partial charge is 0.493 e. The number of ether oxygens (including phenoxy) is 1. The fourth-order valence-electron chi connectivity index (χ4n) is 3.78. The van der Waals surface area contributed by atoms with Crippen LogP contribution in [0, 0.1) is 32.6 Å². The Morgan fingerprint density at radius 3 is 2.43 bits per heavy atom. The Morgan fingerprint density at radius 2 is 1.76 bits per heavy atom. The standard InChI is InChI=1S/C19H31NO/c1-14-10-17(4)18(5)19(11-14)21-8-6-7-20-12-15(2)9-16(3)13-20/h10-11,15-16H,6-9,12-13H2,1-5H3/p+1/t15-,16+. The maximum Gasteiger partial charge on any atom is 0.122 e. The molecule has 1 N–H and O–H groups in total.